The van der Waals surface area contributed by atoms with Crippen LogP contribution in [-0.2, 0) is 9.59 Å². The molecule has 0 aromatic heterocycles. The lowest BCUT2D eigenvalue weighted by atomic mass is 10.1. The number of anilines is 2. The van der Waals surface area contributed by atoms with Crippen molar-refractivity contribution in [1.82, 2.24) is 0 Å². The zero-order valence-electron chi connectivity index (χ0n) is 12.8. The largest absolute Gasteiger partial charge is 0.349 e. The molecule has 1 aliphatic rings. The van der Waals surface area contributed by atoms with Crippen molar-refractivity contribution in [2.75, 3.05) is 10.2 Å². The Morgan fingerprint density at radius 2 is 1.65 bits per heavy atom. The first-order valence-electron chi connectivity index (χ1n) is 7.17. The van der Waals surface area contributed by atoms with Gasteiger partial charge < -0.3 is 5.32 Å². The topological polar surface area (TPSA) is 49.4 Å². The van der Waals surface area contributed by atoms with Crippen LogP contribution >= 0.6 is 11.6 Å². The Bertz CT molecular complexity index is 828. The molecule has 5 heteroatoms. The number of carbonyl (C=O) groups is 2. The Hall–Kier alpha value is -2.59. The predicted molar refractivity (Wildman–Crippen MR) is 91.4 cm³/mol. The average molecular weight is 327 g/mol. The first-order valence-corrected chi connectivity index (χ1v) is 7.54. The van der Waals surface area contributed by atoms with E-state index in [4.69, 9.17) is 11.6 Å². The molecule has 0 unspecified atom stereocenters. The van der Waals surface area contributed by atoms with Gasteiger partial charge in [0.2, 0.25) is 0 Å². The molecule has 1 heterocycles. The Morgan fingerprint density at radius 1 is 0.957 bits per heavy atom. The molecular formula is C18H15ClN2O2. The van der Waals surface area contributed by atoms with E-state index >= 15 is 0 Å². The first kappa shape index (κ1) is 15.3. The van der Waals surface area contributed by atoms with Crippen molar-refractivity contribution < 1.29 is 9.59 Å². The minimum Gasteiger partial charge on any atom is -0.349 e. The normalized spacial score (nSPS) is 14.7. The van der Waals surface area contributed by atoms with Crippen molar-refractivity contribution in [1.29, 1.82) is 0 Å². The molecule has 23 heavy (non-hydrogen) atoms. The number of rotatable bonds is 3. The quantitative estimate of drug-likeness (QED) is 0.874. The minimum absolute atomic E-state index is 0.0974. The van der Waals surface area contributed by atoms with Crippen LogP contribution in [0.1, 0.15) is 11.1 Å². The molecule has 0 atom stereocenters. The van der Waals surface area contributed by atoms with Crippen molar-refractivity contribution in [2.24, 2.45) is 0 Å². The Labute approximate surface area is 139 Å². The van der Waals surface area contributed by atoms with Gasteiger partial charge in [-0.05, 0) is 43.2 Å². The van der Waals surface area contributed by atoms with Gasteiger partial charge in [0, 0.05) is 5.69 Å². The molecule has 1 aliphatic heterocycles. The lowest BCUT2D eigenvalue weighted by Gasteiger charge is -2.15. The van der Waals surface area contributed by atoms with E-state index < -0.39 is 11.8 Å². The Kier molecular flexibility index (Phi) is 3.92. The first-order chi connectivity index (χ1) is 11.0. The zero-order valence-corrected chi connectivity index (χ0v) is 13.5. The smallest absolute Gasteiger partial charge is 0.283 e. The van der Waals surface area contributed by atoms with Crippen LogP contribution in [0, 0.1) is 13.8 Å². The Morgan fingerprint density at radius 3 is 2.35 bits per heavy atom. The summed E-state index contributed by atoms with van der Waals surface area (Å²) < 4.78 is 0. The maximum atomic E-state index is 12.6. The minimum atomic E-state index is -0.518. The van der Waals surface area contributed by atoms with Gasteiger partial charge in [-0.2, -0.15) is 0 Å². The van der Waals surface area contributed by atoms with Gasteiger partial charge in [-0.3, -0.25) is 9.59 Å². The fourth-order valence-electron chi connectivity index (χ4n) is 2.43. The van der Waals surface area contributed by atoms with Crippen LogP contribution in [0.15, 0.2) is 59.3 Å². The summed E-state index contributed by atoms with van der Waals surface area (Å²) in [4.78, 5) is 26.1. The van der Waals surface area contributed by atoms with Gasteiger partial charge in [-0.25, -0.2) is 4.90 Å². The highest BCUT2D eigenvalue weighted by Gasteiger charge is 2.38. The van der Waals surface area contributed by atoms with Crippen molar-refractivity contribution in [3.05, 3.63) is 70.4 Å². The van der Waals surface area contributed by atoms with Crippen molar-refractivity contribution >= 4 is 34.8 Å². The third-order valence-corrected chi connectivity index (χ3v) is 4.05. The predicted octanol–water partition coefficient (Wildman–Crippen LogP) is 3.74. The fourth-order valence-corrected chi connectivity index (χ4v) is 2.64. The molecule has 0 saturated heterocycles. The van der Waals surface area contributed by atoms with Gasteiger partial charge in [-0.1, -0.05) is 41.9 Å². The number of halogens is 1. The summed E-state index contributed by atoms with van der Waals surface area (Å²) in [7, 11) is 0. The van der Waals surface area contributed by atoms with E-state index in [9.17, 15) is 9.59 Å². The summed E-state index contributed by atoms with van der Waals surface area (Å²) in [6.45, 7) is 3.88. The molecule has 4 nitrogen and oxygen atoms in total. The standard InChI is InChI=1S/C18H15ClN2O2/c1-11-8-9-12(2)14(10-11)20-16-15(19)17(22)21(18(16)23)13-6-4-3-5-7-13/h3-10,20H,1-2H3. The second-order valence-corrected chi connectivity index (χ2v) is 5.79. The molecule has 3 rings (SSSR count). The van der Waals surface area contributed by atoms with Gasteiger partial charge in [0.25, 0.3) is 11.8 Å². The van der Waals surface area contributed by atoms with E-state index in [1.807, 2.05) is 38.1 Å². The number of imide groups is 1. The van der Waals surface area contributed by atoms with E-state index in [2.05, 4.69) is 5.32 Å². The monoisotopic (exact) mass is 326 g/mol. The van der Waals surface area contributed by atoms with E-state index in [1.165, 1.54) is 0 Å². The number of amides is 2. The molecule has 0 saturated carbocycles. The highest BCUT2D eigenvalue weighted by atomic mass is 35.5. The molecule has 1 N–H and O–H groups in total. The van der Waals surface area contributed by atoms with Gasteiger partial charge in [-0.15, -0.1) is 0 Å². The number of hydrogen-bond donors (Lipinski definition) is 1. The average Bonchev–Trinajstić information content (AvgIpc) is 2.75. The SMILES string of the molecule is Cc1ccc(C)c(NC2=C(Cl)C(=O)N(c3ccccc3)C2=O)c1. The molecule has 116 valence electrons. The maximum Gasteiger partial charge on any atom is 0.283 e. The second kappa shape index (κ2) is 5.89. The molecule has 0 radical (unpaired) electrons. The number of carbonyl (C=O) groups excluding carboxylic acids is 2. The Balaban J connectivity index is 1.96. The summed E-state index contributed by atoms with van der Waals surface area (Å²) in [5, 5.41) is 2.92. The number of aryl methyl sites for hydroxylation is 2. The van der Waals surface area contributed by atoms with Crippen molar-refractivity contribution in [3.63, 3.8) is 0 Å². The third-order valence-electron chi connectivity index (χ3n) is 3.69. The van der Waals surface area contributed by atoms with Crippen LogP contribution < -0.4 is 10.2 Å². The van der Waals surface area contributed by atoms with E-state index in [0.29, 0.717) is 5.69 Å². The van der Waals surface area contributed by atoms with Gasteiger partial charge in [0.1, 0.15) is 10.7 Å². The molecular weight excluding hydrogens is 312 g/mol. The summed E-state index contributed by atoms with van der Waals surface area (Å²) in [6, 6.07) is 14.6. The van der Waals surface area contributed by atoms with Gasteiger partial charge in [0.15, 0.2) is 0 Å². The molecule has 0 fully saturated rings. The highest BCUT2D eigenvalue weighted by molar-refractivity contribution is 6.53. The van der Waals surface area contributed by atoms with Crippen LogP contribution in [0.25, 0.3) is 0 Å². The molecule has 0 bridgehead atoms. The summed E-state index contributed by atoms with van der Waals surface area (Å²) >= 11 is 6.12. The lowest BCUT2D eigenvalue weighted by Crippen LogP contribution is -2.32. The molecule has 0 spiro atoms. The van der Waals surface area contributed by atoms with Gasteiger partial charge >= 0.3 is 0 Å². The van der Waals surface area contributed by atoms with E-state index in [0.717, 1.165) is 21.7 Å². The number of para-hydroxylation sites is 1. The number of nitrogens with one attached hydrogen (secondary N) is 1. The van der Waals surface area contributed by atoms with E-state index in [-0.39, 0.29) is 10.7 Å². The number of hydrogen-bond acceptors (Lipinski definition) is 3. The summed E-state index contributed by atoms with van der Waals surface area (Å²) in [6.07, 6.45) is 0. The molecule has 2 aromatic carbocycles. The third kappa shape index (κ3) is 2.73. The molecule has 2 aromatic rings. The fraction of sp³-hybridized carbons (Fsp3) is 0.111. The summed E-state index contributed by atoms with van der Waals surface area (Å²) in [5.41, 5.74) is 3.37. The van der Waals surface area contributed by atoms with E-state index in [1.54, 1.807) is 24.3 Å². The van der Waals surface area contributed by atoms with Crippen LogP contribution in [0.5, 0.6) is 0 Å². The van der Waals surface area contributed by atoms with Crippen molar-refractivity contribution in [3.8, 4) is 0 Å². The van der Waals surface area contributed by atoms with Crippen molar-refractivity contribution in [2.45, 2.75) is 13.8 Å². The van der Waals surface area contributed by atoms with Crippen LogP contribution in [0.4, 0.5) is 11.4 Å². The summed E-state index contributed by atoms with van der Waals surface area (Å²) in [5.74, 6) is -0.970. The zero-order chi connectivity index (χ0) is 16.6. The second-order valence-electron chi connectivity index (χ2n) is 5.41. The van der Waals surface area contributed by atoms with Crippen LogP contribution in [0.2, 0.25) is 0 Å². The lowest BCUT2D eigenvalue weighted by molar-refractivity contribution is -0.120. The highest BCUT2D eigenvalue weighted by Crippen LogP contribution is 2.30. The molecule has 2 amide bonds. The number of benzene rings is 2. The van der Waals surface area contributed by atoms with Crippen LogP contribution in [0.3, 0.4) is 0 Å². The van der Waals surface area contributed by atoms with Gasteiger partial charge in [0.05, 0.1) is 5.69 Å². The van der Waals surface area contributed by atoms with Crippen LogP contribution in [-0.4, -0.2) is 11.8 Å². The number of nitrogens with zero attached hydrogens (tertiary/aromatic N) is 1. The maximum absolute atomic E-state index is 12.6. The molecule has 0 aliphatic carbocycles.